The highest BCUT2D eigenvalue weighted by molar-refractivity contribution is 5.69. The molecule has 2 fully saturated rings. The van der Waals surface area contributed by atoms with Crippen LogP contribution in [-0.4, -0.2) is 142 Å². The summed E-state index contributed by atoms with van der Waals surface area (Å²) in [5.41, 5.74) is 0. The quantitative estimate of drug-likeness (QED) is 0.0648. The van der Waals surface area contributed by atoms with Crippen LogP contribution in [0.3, 0.4) is 0 Å². The normalized spacial score (nSPS) is 33.6. The first-order valence-corrected chi connectivity index (χ1v) is 15.1. The Morgan fingerprint density at radius 3 is 1.81 bits per heavy atom. The monoisotopic (exact) mass is 626 g/mol. The van der Waals surface area contributed by atoms with Gasteiger partial charge < -0.3 is 64.2 Å². The second-order valence-electron chi connectivity index (χ2n) is 11.0. The fourth-order valence-electron chi connectivity index (χ4n) is 4.76. The third-order valence-corrected chi connectivity index (χ3v) is 7.39. The summed E-state index contributed by atoms with van der Waals surface area (Å²) in [4.78, 5) is 23.8. The van der Waals surface area contributed by atoms with Gasteiger partial charge in [-0.2, -0.15) is 0 Å². The lowest BCUT2D eigenvalue weighted by Gasteiger charge is -2.42. The van der Waals surface area contributed by atoms with Crippen LogP contribution in [0.2, 0.25) is 0 Å². The maximum absolute atomic E-state index is 12.4. The molecule has 43 heavy (non-hydrogen) atoms. The van der Waals surface area contributed by atoms with Gasteiger partial charge in [-0.3, -0.25) is 9.59 Å². The van der Waals surface area contributed by atoms with E-state index in [9.17, 15) is 45.3 Å². The van der Waals surface area contributed by atoms with Crippen LogP contribution in [0.15, 0.2) is 0 Å². The zero-order valence-corrected chi connectivity index (χ0v) is 24.9. The summed E-state index contributed by atoms with van der Waals surface area (Å²) >= 11 is 0. The summed E-state index contributed by atoms with van der Waals surface area (Å²) in [6, 6.07) is 0. The standard InChI is InChI=1S/C28H50O15/c1-3-4-5-6-7-8-9-10-11-20(31)41-17(13-38-16(2)30)14-39-27-26(37)24(35)22(33)19(43-27)15-40-28-25(36)23(34)21(32)18(12-29)42-28/h17-19,21-29,32-37H,3-15H2,1-2H3. The Labute approximate surface area is 251 Å². The third kappa shape index (κ3) is 12.4. The summed E-state index contributed by atoms with van der Waals surface area (Å²) in [5, 5.41) is 70.5. The minimum Gasteiger partial charge on any atom is -0.462 e. The molecule has 2 aliphatic heterocycles. The summed E-state index contributed by atoms with van der Waals surface area (Å²) < 4.78 is 32.1. The molecule has 0 spiro atoms. The largest absolute Gasteiger partial charge is 0.462 e. The number of esters is 2. The van der Waals surface area contributed by atoms with Crippen molar-refractivity contribution >= 4 is 11.9 Å². The smallest absolute Gasteiger partial charge is 0.306 e. The Kier molecular flexibility index (Phi) is 17.3. The van der Waals surface area contributed by atoms with Crippen LogP contribution in [-0.2, 0) is 38.0 Å². The summed E-state index contributed by atoms with van der Waals surface area (Å²) in [6.45, 7) is 1.43. The van der Waals surface area contributed by atoms with Crippen molar-refractivity contribution in [3.8, 4) is 0 Å². The molecular weight excluding hydrogens is 576 g/mol. The van der Waals surface area contributed by atoms with E-state index in [2.05, 4.69) is 6.92 Å². The van der Waals surface area contributed by atoms with Crippen molar-refractivity contribution in [3.63, 3.8) is 0 Å². The summed E-state index contributed by atoms with van der Waals surface area (Å²) in [6.07, 6.45) is -8.21. The van der Waals surface area contributed by atoms with Gasteiger partial charge in [-0.05, 0) is 6.42 Å². The zero-order valence-electron chi connectivity index (χ0n) is 24.9. The van der Waals surface area contributed by atoms with Gasteiger partial charge in [0.2, 0.25) is 0 Å². The molecule has 0 bridgehead atoms. The fourth-order valence-corrected chi connectivity index (χ4v) is 4.76. The first-order chi connectivity index (χ1) is 20.5. The molecule has 0 radical (unpaired) electrons. The molecule has 2 aliphatic rings. The second-order valence-corrected chi connectivity index (χ2v) is 11.0. The van der Waals surface area contributed by atoms with E-state index in [0.29, 0.717) is 6.42 Å². The van der Waals surface area contributed by atoms with Gasteiger partial charge in [-0.25, -0.2) is 0 Å². The van der Waals surface area contributed by atoms with E-state index < -0.39 is 92.7 Å². The van der Waals surface area contributed by atoms with E-state index in [1.54, 1.807) is 0 Å². The number of rotatable bonds is 19. The predicted molar refractivity (Wildman–Crippen MR) is 146 cm³/mol. The van der Waals surface area contributed by atoms with E-state index in [4.69, 9.17) is 28.4 Å². The van der Waals surface area contributed by atoms with E-state index in [1.165, 1.54) is 32.6 Å². The van der Waals surface area contributed by atoms with Crippen LogP contribution in [0.1, 0.15) is 71.6 Å². The number of hydrogen-bond donors (Lipinski definition) is 7. The number of unbranched alkanes of at least 4 members (excludes halogenated alkanes) is 7. The Morgan fingerprint density at radius 1 is 0.698 bits per heavy atom. The molecule has 0 aromatic rings. The molecule has 0 saturated carbocycles. The number of carbonyl (C=O) groups excluding carboxylic acids is 2. The van der Waals surface area contributed by atoms with Gasteiger partial charge in [0.25, 0.3) is 0 Å². The van der Waals surface area contributed by atoms with Gasteiger partial charge in [-0.1, -0.05) is 51.9 Å². The van der Waals surface area contributed by atoms with E-state index in [1.807, 2.05) is 0 Å². The topological polar surface area (TPSA) is 231 Å². The third-order valence-electron chi connectivity index (χ3n) is 7.39. The average Bonchev–Trinajstić information content (AvgIpc) is 2.98. The van der Waals surface area contributed by atoms with Crippen molar-refractivity contribution in [2.45, 2.75) is 139 Å². The molecule has 252 valence electrons. The maximum atomic E-state index is 12.4. The molecule has 7 N–H and O–H groups in total. The van der Waals surface area contributed by atoms with Gasteiger partial charge in [0.05, 0.1) is 19.8 Å². The minimum atomic E-state index is -1.75. The highest BCUT2D eigenvalue weighted by Crippen LogP contribution is 2.26. The van der Waals surface area contributed by atoms with Crippen molar-refractivity contribution in [1.29, 1.82) is 0 Å². The number of ether oxygens (including phenoxy) is 6. The highest BCUT2D eigenvalue weighted by Gasteiger charge is 2.47. The van der Waals surface area contributed by atoms with Gasteiger partial charge in [0.15, 0.2) is 18.7 Å². The zero-order chi connectivity index (χ0) is 31.9. The van der Waals surface area contributed by atoms with Crippen molar-refractivity contribution in [1.82, 2.24) is 0 Å². The van der Waals surface area contributed by atoms with Gasteiger partial charge in [0, 0.05) is 13.3 Å². The lowest BCUT2D eigenvalue weighted by atomic mass is 9.98. The molecule has 15 heteroatoms. The first kappa shape index (κ1) is 37.7. The maximum Gasteiger partial charge on any atom is 0.306 e. The summed E-state index contributed by atoms with van der Waals surface area (Å²) in [5.74, 6) is -1.12. The molecular formula is C28H50O15. The van der Waals surface area contributed by atoms with Crippen LogP contribution in [0.4, 0.5) is 0 Å². The SMILES string of the molecule is CCCCCCCCCCC(=O)OC(COC(C)=O)COC1OC(COC2OC(CO)C(O)C(O)C2O)C(O)C(O)C1O. The van der Waals surface area contributed by atoms with Crippen LogP contribution < -0.4 is 0 Å². The molecule has 15 nitrogen and oxygen atoms in total. The van der Waals surface area contributed by atoms with Crippen LogP contribution >= 0.6 is 0 Å². The van der Waals surface area contributed by atoms with Gasteiger partial charge in [-0.15, -0.1) is 0 Å². The molecule has 2 rings (SSSR count). The average molecular weight is 627 g/mol. The molecule has 11 unspecified atom stereocenters. The van der Waals surface area contributed by atoms with Gasteiger partial charge >= 0.3 is 11.9 Å². The van der Waals surface area contributed by atoms with Crippen molar-refractivity contribution in [2.75, 3.05) is 26.4 Å². The number of aliphatic hydroxyl groups is 7. The van der Waals surface area contributed by atoms with E-state index in [0.717, 1.165) is 19.3 Å². The molecule has 0 amide bonds. The van der Waals surface area contributed by atoms with Gasteiger partial charge in [0.1, 0.15) is 55.4 Å². The van der Waals surface area contributed by atoms with E-state index >= 15 is 0 Å². The van der Waals surface area contributed by atoms with E-state index in [-0.39, 0.29) is 19.6 Å². The lowest BCUT2D eigenvalue weighted by molar-refractivity contribution is -0.332. The first-order valence-electron chi connectivity index (χ1n) is 15.1. The lowest BCUT2D eigenvalue weighted by Crippen LogP contribution is -2.61. The Morgan fingerprint density at radius 2 is 1.23 bits per heavy atom. The molecule has 2 heterocycles. The number of carbonyl (C=O) groups is 2. The Balaban J connectivity index is 1.88. The Hall–Kier alpha value is -1.50. The van der Waals surface area contributed by atoms with Crippen LogP contribution in [0.25, 0.3) is 0 Å². The minimum absolute atomic E-state index is 0.163. The van der Waals surface area contributed by atoms with Crippen molar-refractivity contribution in [2.24, 2.45) is 0 Å². The molecule has 0 aromatic carbocycles. The highest BCUT2D eigenvalue weighted by atomic mass is 16.7. The van der Waals surface area contributed by atoms with Crippen molar-refractivity contribution < 1.29 is 73.8 Å². The van der Waals surface area contributed by atoms with Crippen LogP contribution in [0.5, 0.6) is 0 Å². The fraction of sp³-hybridized carbons (Fsp3) is 0.929. The van der Waals surface area contributed by atoms with Crippen molar-refractivity contribution in [3.05, 3.63) is 0 Å². The number of hydrogen-bond acceptors (Lipinski definition) is 15. The Bertz CT molecular complexity index is 798. The molecule has 2 saturated heterocycles. The van der Waals surface area contributed by atoms with Crippen LogP contribution in [0, 0.1) is 0 Å². The number of aliphatic hydroxyl groups excluding tert-OH is 7. The predicted octanol–water partition coefficient (Wildman–Crippen LogP) is -1.37. The summed E-state index contributed by atoms with van der Waals surface area (Å²) in [7, 11) is 0. The molecule has 11 atom stereocenters. The molecule has 0 aliphatic carbocycles. The second kappa shape index (κ2) is 19.8. The molecule has 0 aromatic heterocycles.